The number of nitrogens with one attached hydrogen (secondary N) is 1. The van der Waals surface area contributed by atoms with E-state index in [2.05, 4.69) is 12.2 Å². The molecule has 1 aromatic carbocycles. The van der Waals surface area contributed by atoms with Gasteiger partial charge in [-0.3, -0.25) is 4.79 Å². The lowest BCUT2D eigenvalue weighted by molar-refractivity contribution is -0.125. The lowest BCUT2D eigenvalue weighted by atomic mass is 9.83. The molecule has 3 heteroatoms. The molecule has 3 nitrogen and oxygen atoms in total. The first-order chi connectivity index (χ1) is 8.54. The highest BCUT2D eigenvalue weighted by Gasteiger charge is 2.31. The van der Waals surface area contributed by atoms with E-state index in [-0.39, 0.29) is 5.91 Å². The smallest absolute Gasteiger partial charge is 0.230 e. The maximum atomic E-state index is 12.2. The first-order valence-electron chi connectivity index (χ1n) is 6.45. The van der Waals surface area contributed by atoms with E-state index < -0.39 is 5.41 Å². The molecule has 0 fully saturated rings. The minimum atomic E-state index is -0.583. The van der Waals surface area contributed by atoms with Crippen LogP contribution in [0.2, 0.25) is 0 Å². The molecular weight excluding hydrogens is 226 g/mol. The number of hydrogen-bond donors (Lipinski definition) is 1. The molecule has 0 aromatic heterocycles. The highest BCUT2D eigenvalue weighted by molar-refractivity contribution is 5.88. The van der Waals surface area contributed by atoms with Crippen LogP contribution in [0, 0.1) is 0 Å². The summed E-state index contributed by atoms with van der Waals surface area (Å²) in [5.74, 6) is 0.800. The highest BCUT2D eigenvalue weighted by Crippen LogP contribution is 2.31. The Morgan fingerprint density at radius 1 is 1.33 bits per heavy atom. The molecule has 1 rings (SSSR count). The van der Waals surface area contributed by atoms with E-state index >= 15 is 0 Å². The predicted octanol–water partition coefficient (Wildman–Crippen LogP) is 2.89. The molecule has 1 amide bonds. The van der Waals surface area contributed by atoms with E-state index in [1.54, 1.807) is 7.11 Å². The quantitative estimate of drug-likeness (QED) is 0.787. The van der Waals surface area contributed by atoms with Gasteiger partial charge in [-0.1, -0.05) is 31.5 Å². The Bertz CT molecular complexity index is 399. The van der Waals surface area contributed by atoms with Gasteiger partial charge in [0.25, 0.3) is 0 Å². The van der Waals surface area contributed by atoms with Crippen LogP contribution in [-0.4, -0.2) is 19.6 Å². The fourth-order valence-electron chi connectivity index (χ4n) is 1.88. The van der Waals surface area contributed by atoms with E-state index in [9.17, 15) is 4.79 Å². The van der Waals surface area contributed by atoms with Crippen molar-refractivity contribution in [3.63, 3.8) is 0 Å². The summed E-state index contributed by atoms with van der Waals surface area (Å²) in [6.45, 7) is 6.68. The normalized spacial score (nSPS) is 11.1. The Labute approximate surface area is 110 Å². The van der Waals surface area contributed by atoms with Gasteiger partial charge < -0.3 is 10.1 Å². The van der Waals surface area contributed by atoms with Crippen molar-refractivity contribution in [3.8, 4) is 5.75 Å². The van der Waals surface area contributed by atoms with Crippen LogP contribution < -0.4 is 10.1 Å². The number of amides is 1. The molecular formula is C15H23NO2. The van der Waals surface area contributed by atoms with Gasteiger partial charge in [-0.15, -0.1) is 0 Å². The summed E-state index contributed by atoms with van der Waals surface area (Å²) in [5, 5.41) is 2.98. The van der Waals surface area contributed by atoms with Crippen LogP contribution in [0.1, 0.15) is 39.2 Å². The van der Waals surface area contributed by atoms with Crippen molar-refractivity contribution in [2.45, 2.75) is 39.0 Å². The Morgan fingerprint density at radius 2 is 2.00 bits per heavy atom. The van der Waals surface area contributed by atoms with Gasteiger partial charge in [0, 0.05) is 12.1 Å². The third kappa shape index (κ3) is 3.25. The van der Waals surface area contributed by atoms with Crippen LogP contribution in [0.3, 0.4) is 0 Å². The summed E-state index contributed by atoms with van der Waals surface area (Å²) in [7, 11) is 1.63. The largest absolute Gasteiger partial charge is 0.496 e. The second kappa shape index (κ2) is 6.43. The molecule has 0 aliphatic heterocycles. The zero-order valence-electron chi connectivity index (χ0n) is 11.7. The number of carbonyl (C=O) groups is 1. The predicted molar refractivity (Wildman–Crippen MR) is 73.9 cm³/mol. The summed E-state index contributed by atoms with van der Waals surface area (Å²) in [6.07, 6.45) is 2.09. The average molecular weight is 249 g/mol. The minimum Gasteiger partial charge on any atom is -0.496 e. The zero-order chi connectivity index (χ0) is 13.6. The molecule has 0 radical (unpaired) electrons. The molecule has 0 atom stereocenters. The van der Waals surface area contributed by atoms with Crippen LogP contribution in [-0.2, 0) is 10.2 Å². The SMILES string of the molecule is CCCCNC(=O)C(C)(C)c1ccccc1OC. The number of para-hydroxylation sites is 1. The molecule has 1 aromatic rings. The molecule has 0 saturated heterocycles. The molecule has 18 heavy (non-hydrogen) atoms. The molecule has 0 aliphatic carbocycles. The van der Waals surface area contributed by atoms with Crippen LogP contribution in [0.5, 0.6) is 5.75 Å². The van der Waals surface area contributed by atoms with Gasteiger partial charge in [-0.2, -0.15) is 0 Å². The van der Waals surface area contributed by atoms with Crippen molar-refractivity contribution in [3.05, 3.63) is 29.8 Å². The number of unbranched alkanes of at least 4 members (excludes halogenated alkanes) is 1. The first kappa shape index (κ1) is 14.6. The Balaban J connectivity index is 2.87. The zero-order valence-corrected chi connectivity index (χ0v) is 11.7. The standard InChI is InChI=1S/C15H23NO2/c1-5-6-11-16-14(17)15(2,3)12-9-7-8-10-13(12)18-4/h7-10H,5-6,11H2,1-4H3,(H,16,17). The Hall–Kier alpha value is -1.51. The van der Waals surface area contributed by atoms with Crippen molar-refractivity contribution in [1.29, 1.82) is 0 Å². The van der Waals surface area contributed by atoms with Crippen molar-refractivity contribution in [1.82, 2.24) is 5.32 Å². The summed E-state index contributed by atoms with van der Waals surface area (Å²) >= 11 is 0. The van der Waals surface area contributed by atoms with Gasteiger partial charge in [-0.25, -0.2) is 0 Å². The van der Waals surface area contributed by atoms with Gasteiger partial charge in [-0.05, 0) is 26.3 Å². The van der Waals surface area contributed by atoms with E-state index in [0.29, 0.717) is 0 Å². The van der Waals surface area contributed by atoms with E-state index in [4.69, 9.17) is 4.74 Å². The van der Waals surface area contributed by atoms with Crippen LogP contribution in [0.4, 0.5) is 0 Å². The lowest BCUT2D eigenvalue weighted by Gasteiger charge is -2.26. The third-order valence-electron chi connectivity index (χ3n) is 3.16. The number of benzene rings is 1. The number of rotatable bonds is 6. The maximum Gasteiger partial charge on any atom is 0.230 e. The molecule has 0 heterocycles. The Morgan fingerprint density at radius 3 is 2.61 bits per heavy atom. The van der Waals surface area contributed by atoms with Gasteiger partial charge in [0.1, 0.15) is 5.75 Å². The number of methoxy groups -OCH3 is 1. The average Bonchev–Trinajstić information content (AvgIpc) is 2.38. The number of ether oxygens (including phenoxy) is 1. The van der Waals surface area contributed by atoms with Crippen LogP contribution in [0.25, 0.3) is 0 Å². The molecule has 0 unspecified atom stereocenters. The summed E-state index contributed by atoms with van der Waals surface area (Å²) in [6, 6.07) is 7.67. The highest BCUT2D eigenvalue weighted by atomic mass is 16.5. The molecule has 0 bridgehead atoms. The minimum absolute atomic E-state index is 0.0421. The van der Waals surface area contributed by atoms with Crippen molar-refractivity contribution >= 4 is 5.91 Å². The van der Waals surface area contributed by atoms with Gasteiger partial charge in [0.2, 0.25) is 5.91 Å². The van der Waals surface area contributed by atoms with Crippen LogP contribution >= 0.6 is 0 Å². The van der Waals surface area contributed by atoms with Crippen molar-refractivity contribution in [2.24, 2.45) is 0 Å². The van der Waals surface area contributed by atoms with Crippen molar-refractivity contribution in [2.75, 3.05) is 13.7 Å². The second-order valence-electron chi connectivity index (χ2n) is 4.93. The third-order valence-corrected chi connectivity index (χ3v) is 3.16. The monoisotopic (exact) mass is 249 g/mol. The number of carbonyl (C=O) groups excluding carboxylic acids is 1. The van der Waals surface area contributed by atoms with Gasteiger partial charge >= 0.3 is 0 Å². The van der Waals surface area contributed by atoms with Gasteiger partial charge in [0.15, 0.2) is 0 Å². The molecule has 100 valence electrons. The lowest BCUT2D eigenvalue weighted by Crippen LogP contribution is -2.40. The molecule has 0 spiro atoms. The molecule has 0 aliphatic rings. The summed E-state index contributed by atoms with van der Waals surface area (Å²) in [5.41, 5.74) is 0.335. The fourth-order valence-corrected chi connectivity index (χ4v) is 1.88. The van der Waals surface area contributed by atoms with E-state index in [1.165, 1.54) is 0 Å². The van der Waals surface area contributed by atoms with E-state index in [0.717, 1.165) is 30.7 Å². The summed E-state index contributed by atoms with van der Waals surface area (Å²) in [4.78, 5) is 12.2. The number of hydrogen-bond acceptors (Lipinski definition) is 2. The summed E-state index contributed by atoms with van der Waals surface area (Å²) < 4.78 is 5.33. The Kier molecular flexibility index (Phi) is 5.20. The first-order valence-corrected chi connectivity index (χ1v) is 6.45. The fraction of sp³-hybridized carbons (Fsp3) is 0.533. The van der Waals surface area contributed by atoms with Gasteiger partial charge in [0.05, 0.1) is 12.5 Å². The molecule has 1 N–H and O–H groups in total. The van der Waals surface area contributed by atoms with E-state index in [1.807, 2.05) is 38.1 Å². The second-order valence-corrected chi connectivity index (χ2v) is 4.93. The van der Waals surface area contributed by atoms with Crippen LogP contribution in [0.15, 0.2) is 24.3 Å². The van der Waals surface area contributed by atoms with Crippen molar-refractivity contribution < 1.29 is 9.53 Å². The maximum absolute atomic E-state index is 12.2. The topological polar surface area (TPSA) is 38.3 Å². The molecule has 0 saturated carbocycles.